The number of hydrogen-bond donors (Lipinski definition) is 2. The lowest BCUT2D eigenvalue weighted by atomic mass is 9.32. The molecule has 7 rings (SSSR count). The van der Waals surface area contributed by atoms with Gasteiger partial charge in [0.1, 0.15) is 0 Å². The van der Waals surface area contributed by atoms with E-state index in [4.69, 9.17) is 0 Å². The molecule has 19 heavy (non-hydrogen) atoms. The lowest BCUT2D eigenvalue weighted by molar-refractivity contribution is -0.519. The van der Waals surface area contributed by atoms with E-state index in [1.54, 1.807) is 0 Å². The molecule has 0 spiro atoms. The van der Waals surface area contributed by atoms with E-state index in [9.17, 15) is 9.90 Å². The Morgan fingerprint density at radius 3 is 1.47 bits per heavy atom. The fraction of sp³-hybridized carbons (Fsp3) is 0.933. The standard InChI is InChI=1S/C15H21NO2.ClH/c16-15-4-10-7-1-14(13(17)18)2-8(10)12(6-15)9(3-14)11(7)5-15;/h7-12H,1-6,16H2,(H,17,18);1H. The molecule has 0 unspecified atom stereocenters. The molecule has 4 N–H and O–H groups in total. The minimum Gasteiger partial charge on any atom is -1.00 e. The maximum Gasteiger partial charge on any atom is 0.309 e. The van der Waals surface area contributed by atoms with Gasteiger partial charge in [-0.3, -0.25) is 4.79 Å². The van der Waals surface area contributed by atoms with Gasteiger partial charge in [0.15, 0.2) is 0 Å². The Hall–Kier alpha value is -0.280. The van der Waals surface area contributed by atoms with E-state index < -0.39 is 5.97 Å². The van der Waals surface area contributed by atoms with E-state index >= 15 is 0 Å². The number of carbonyl (C=O) groups is 1. The maximum absolute atomic E-state index is 11.7. The normalized spacial score (nSPS) is 63.2. The van der Waals surface area contributed by atoms with Gasteiger partial charge in [-0.25, -0.2) is 0 Å². The molecular weight excluding hydrogens is 262 g/mol. The Morgan fingerprint density at radius 1 is 0.842 bits per heavy atom. The van der Waals surface area contributed by atoms with Crippen LogP contribution in [-0.4, -0.2) is 16.6 Å². The number of aliphatic carboxylic acids is 1. The summed E-state index contributed by atoms with van der Waals surface area (Å²) in [6.07, 6.45) is 6.89. The highest BCUT2D eigenvalue weighted by Gasteiger charge is 2.72. The molecule has 0 aromatic heterocycles. The second-order valence-corrected chi connectivity index (χ2v) is 8.29. The highest BCUT2D eigenvalue weighted by Crippen LogP contribution is 2.74. The topological polar surface area (TPSA) is 64.9 Å². The molecule has 7 aliphatic rings. The number of hydrogen-bond acceptors (Lipinski definition) is 1. The second kappa shape index (κ2) is 3.30. The van der Waals surface area contributed by atoms with Gasteiger partial charge in [-0.2, -0.15) is 0 Å². The molecule has 0 aliphatic heterocycles. The number of carboxylic acid groups (broad SMARTS) is 1. The average Bonchev–Trinajstić information content (AvgIpc) is 2.33. The smallest absolute Gasteiger partial charge is 0.309 e. The van der Waals surface area contributed by atoms with E-state index in [-0.39, 0.29) is 17.8 Å². The van der Waals surface area contributed by atoms with Gasteiger partial charge in [-0.15, -0.1) is 0 Å². The zero-order chi connectivity index (χ0) is 12.3. The third-order valence-corrected chi connectivity index (χ3v) is 7.64. The minimum absolute atomic E-state index is 0. The average molecular weight is 284 g/mol. The summed E-state index contributed by atoms with van der Waals surface area (Å²) in [4.78, 5) is 11.7. The number of rotatable bonds is 1. The molecule has 4 heteroatoms. The SMILES string of the molecule is [Cl-].[NH3+]C12CC3C4CC5(C(=O)O)CC3C(C1)C(C5)C4C2. The predicted molar refractivity (Wildman–Crippen MR) is 64.3 cm³/mol. The van der Waals surface area contributed by atoms with Crippen molar-refractivity contribution in [3.63, 3.8) is 0 Å². The Labute approximate surface area is 119 Å². The van der Waals surface area contributed by atoms with E-state index in [2.05, 4.69) is 5.73 Å². The second-order valence-electron chi connectivity index (χ2n) is 8.29. The fourth-order valence-corrected chi connectivity index (χ4v) is 7.34. The van der Waals surface area contributed by atoms with Gasteiger partial charge in [0.2, 0.25) is 0 Å². The molecule has 0 amide bonds. The summed E-state index contributed by atoms with van der Waals surface area (Å²) >= 11 is 0. The quantitative estimate of drug-likeness (QED) is 0.593. The molecule has 0 atom stereocenters. The van der Waals surface area contributed by atoms with Crippen LogP contribution >= 0.6 is 0 Å². The molecule has 7 fully saturated rings. The van der Waals surface area contributed by atoms with Crippen LogP contribution in [-0.2, 0) is 4.79 Å². The van der Waals surface area contributed by atoms with Crippen molar-refractivity contribution < 1.29 is 28.0 Å². The van der Waals surface area contributed by atoms with Crippen molar-refractivity contribution in [2.75, 3.05) is 0 Å². The van der Waals surface area contributed by atoms with Crippen LogP contribution in [0.3, 0.4) is 0 Å². The van der Waals surface area contributed by atoms with Gasteiger partial charge in [0, 0.05) is 19.3 Å². The Kier molecular flexibility index (Phi) is 2.17. The van der Waals surface area contributed by atoms with Crippen LogP contribution in [0.4, 0.5) is 0 Å². The summed E-state index contributed by atoms with van der Waals surface area (Å²) in [6.45, 7) is 0. The summed E-state index contributed by atoms with van der Waals surface area (Å²) in [5, 5.41) is 9.68. The van der Waals surface area contributed by atoms with Crippen LogP contribution in [0.2, 0.25) is 0 Å². The molecule has 0 aromatic rings. The summed E-state index contributed by atoms with van der Waals surface area (Å²) in [6, 6.07) is 0. The molecule has 0 saturated heterocycles. The van der Waals surface area contributed by atoms with Gasteiger partial charge < -0.3 is 23.2 Å². The van der Waals surface area contributed by atoms with Crippen LogP contribution < -0.4 is 18.1 Å². The van der Waals surface area contributed by atoms with Crippen molar-refractivity contribution >= 4 is 5.97 Å². The fourth-order valence-electron chi connectivity index (χ4n) is 7.34. The highest BCUT2D eigenvalue weighted by molar-refractivity contribution is 5.75. The Morgan fingerprint density at radius 2 is 1.16 bits per heavy atom. The molecule has 7 aliphatic carbocycles. The molecule has 0 heterocycles. The molecule has 3 nitrogen and oxygen atoms in total. The lowest BCUT2D eigenvalue weighted by Crippen LogP contribution is -3.00. The van der Waals surface area contributed by atoms with Crippen molar-refractivity contribution in [3.05, 3.63) is 0 Å². The van der Waals surface area contributed by atoms with Crippen molar-refractivity contribution in [1.29, 1.82) is 0 Å². The lowest BCUT2D eigenvalue weighted by Gasteiger charge is -2.72. The van der Waals surface area contributed by atoms with E-state index in [0.717, 1.165) is 54.8 Å². The van der Waals surface area contributed by atoms with Crippen LogP contribution in [0.25, 0.3) is 0 Å². The third kappa shape index (κ3) is 1.23. The van der Waals surface area contributed by atoms with Crippen LogP contribution in [0.1, 0.15) is 38.5 Å². The first-order chi connectivity index (χ1) is 8.51. The molecule has 106 valence electrons. The molecule has 8 bridgehead atoms. The number of carboxylic acids is 1. The van der Waals surface area contributed by atoms with Gasteiger partial charge >= 0.3 is 5.97 Å². The molecular formula is C15H22ClNO2. The zero-order valence-electron chi connectivity index (χ0n) is 11.1. The highest BCUT2D eigenvalue weighted by atomic mass is 35.5. The van der Waals surface area contributed by atoms with Gasteiger partial charge in [0.05, 0.1) is 11.0 Å². The first kappa shape index (κ1) is 12.5. The maximum atomic E-state index is 11.7. The number of quaternary nitrogens is 1. The first-order valence-electron chi connectivity index (χ1n) is 7.60. The predicted octanol–water partition coefficient (Wildman–Crippen LogP) is -1.85. The van der Waals surface area contributed by atoms with Crippen LogP contribution in [0.15, 0.2) is 0 Å². The van der Waals surface area contributed by atoms with Crippen LogP contribution in [0.5, 0.6) is 0 Å². The van der Waals surface area contributed by atoms with Crippen molar-refractivity contribution in [1.82, 2.24) is 0 Å². The summed E-state index contributed by atoms with van der Waals surface area (Å²) in [5.41, 5.74) is 4.61. The molecule has 0 aromatic carbocycles. The largest absolute Gasteiger partial charge is 1.00 e. The van der Waals surface area contributed by atoms with Gasteiger partial charge in [-0.1, -0.05) is 0 Å². The summed E-state index contributed by atoms with van der Waals surface area (Å²) in [5.74, 6) is 4.25. The third-order valence-electron chi connectivity index (χ3n) is 7.64. The zero-order valence-corrected chi connectivity index (χ0v) is 11.9. The summed E-state index contributed by atoms with van der Waals surface area (Å²) in [7, 11) is 0. The number of halogens is 1. The Balaban J connectivity index is 0.000000968. The van der Waals surface area contributed by atoms with Crippen molar-refractivity contribution in [2.45, 2.75) is 44.1 Å². The van der Waals surface area contributed by atoms with Crippen molar-refractivity contribution in [2.24, 2.45) is 40.9 Å². The Bertz CT molecular complexity index is 400. The van der Waals surface area contributed by atoms with Gasteiger partial charge in [-0.05, 0) is 54.8 Å². The minimum atomic E-state index is -0.486. The molecule has 7 saturated carbocycles. The van der Waals surface area contributed by atoms with Crippen LogP contribution in [0, 0.1) is 40.9 Å². The van der Waals surface area contributed by atoms with Crippen molar-refractivity contribution in [3.8, 4) is 0 Å². The monoisotopic (exact) mass is 283 g/mol. The van der Waals surface area contributed by atoms with E-state index in [0.29, 0.717) is 5.54 Å². The van der Waals surface area contributed by atoms with E-state index in [1.807, 2.05) is 0 Å². The first-order valence-corrected chi connectivity index (χ1v) is 7.60. The molecule has 0 radical (unpaired) electrons. The van der Waals surface area contributed by atoms with E-state index in [1.165, 1.54) is 19.3 Å². The summed E-state index contributed by atoms with van der Waals surface area (Å²) < 4.78 is 0. The van der Waals surface area contributed by atoms with Gasteiger partial charge in [0.25, 0.3) is 0 Å².